The molecule has 2 aromatic rings. The van der Waals surface area contributed by atoms with Gasteiger partial charge in [0.05, 0.1) is 17.5 Å². The third kappa shape index (κ3) is 2.21. The minimum atomic E-state index is -1.16. The fourth-order valence-electron chi connectivity index (χ4n) is 6.52. The number of imide groups is 1. The van der Waals surface area contributed by atoms with Gasteiger partial charge in [-0.25, -0.2) is 4.90 Å². The lowest BCUT2D eigenvalue weighted by atomic mass is 9.75. The summed E-state index contributed by atoms with van der Waals surface area (Å²) < 4.78 is 0. The average molecular weight is 448 g/mol. The number of carbonyl (C=O) groups is 3. The average Bonchev–Trinajstić information content (AvgIpc) is 3.48. The van der Waals surface area contributed by atoms with Crippen LogP contribution in [0, 0.1) is 11.8 Å². The molecule has 0 aliphatic carbocycles. The number of hydrogen-bond acceptors (Lipinski definition) is 4. The molecule has 2 aromatic carbocycles. The number of para-hydroxylation sites is 1. The molecule has 4 atom stereocenters. The van der Waals surface area contributed by atoms with Gasteiger partial charge in [0.25, 0.3) is 5.91 Å². The Hall–Kier alpha value is -2.96. The largest absolute Gasteiger partial charge is 0.306 e. The fourth-order valence-corrected chi connectivity index (χ4v) is 6.71. The van der Waals surface area contributed by atoms with E-state index in [4.69, 9.17) is 11.6 Å². The van der Waals surface area contributed by atoms with E-state index in [0.717, 1.165) is 24.1 Å². The molecule has 6 rings (SSSR count). The van der Waals surface area contributed by atoms with Crippen molar-refractivity contribution in [3.63, 3.8) is 0 Å². The van der Waals surface area contributed by atoms with Gasteiger partial charge in [-0.3, -0.25) is 19.3 Å². The van der Waals surface area contributed by atoms with Crippen LogP contribution in [0.3, 0.4) is 0 Å². The zero-order valence-electron chi connectivity index (χ0n) is 17.4. The van der Waals surface area contributed by atoms with Crippen LogP contribution in [0.1, 0.15) is 18.4 Å². The SMILES string of the molecule is C=CCN1C(=O)[C@]2(c3ccccc31)[C@@H]1C(=O)N(c3cccc(Cl)c3)C(=O)[C@H]1[C@@H]1CCCN12. The molecule has 7 heteroatoms. The highest BCUT2D eigenvalue weighted by molar-refractivity contribution is 6.31. The summed E-state index contributed by atoms with van der Waals surface area (Å²) in [6.45, 7) is 4.86. The van der Waals surface area contributed by atoms with Crippen molar-refractivity contribution in [3.05, 3.63) is 71.8 Å². The molecule has 4 aliphatic rings. The van der Waals surface area contributed by atoms with E-state index < -0.39 is 17.4 Å². The lowest BCUT2D eigenvalue weighted by Crippen LogP contribution is -2.56. The van der Waals surface area contributed by atoms with Crippen LogP contribution in [-0.4, -0.2) is 41.8 Å². The summed E-state index contributed by atoms with van der Waals surface area (Å²) >= 11 is 6.17. The maximum atomic E-state index is 14.1. The number of nitrogens with zero attached hydrogens (tertiary/aromatic N) is 3. The number of fused-ring (bicyclic) bond motifs is 7. The molecule has 32 heavy (non-hydrogen) atoms. The molecule has 0 N–H and O–H groups in total. The molecule has 0 aromatic heterocycles. The first-order valence-corrected chi connectivity index (χ1v) is 11.3. The maximum absolute atomic E-state index is 14.1. The van der Waals surface area contributed by atoms with Gasteiger partial charge in [-0.15, -0.1) is 6.58 Å². The Morgan fingerprint density at radius 3 is 2.69 bits per heavy atom. The quantitative estimate of drug-likeness (QED) is 0.534. The summed E-state index contributed by atoms with van der Waals surface area (Å²) in [5, 5.41) is 0.455. The van der Waals surface area contributed by atoms with Crippen LogP contribution >= 0.6 is 11.6 Å². The Balaban J connectivity index is 1.57. The van der Waals surface area contributed by atoms with Crippen molar-refractivity contribution < 1.29 is 14.4 Å². The third-order valence-corrected chi connectivity index (χ3v) is 7.76. The lowest BCUT2D eigenvalue weighted by Gasteiger charge is -2.37. The Bertz CT molecular complexity index is 1200. The minimum Gasteiger partial charge on any atom is -0.306 e. The highest BCUT2D eigenvalue weighted by atomic mass is 35.5. The number of hydrogen-bond donors (Lipinski definition) is 0. The second-order valence-electron chi connectivity index (χ2n) is 8.89. The van der Waals surface area contributed by atoms with Crippen molar-refractivity contribution in [3.8, 4) is 0 Å². The summed E-state index contributed by atoms with van der Waals surface area (Å²) in [4.78, 5) is 46.9. The second kappa shape index (κ2) is 6.77. The van der Waals surface area contributed by atoms with Crippen LogP contribution in [0.4, 0.5) is 11.4 Å². The minimum absolute atomic E-state index is 0.132. The summed E-state index contributed by atoms with van der Waals surface area (Å²) in [6, 6.07) is 14.3. The van der Waals surface area contributed by atoms with Gasteiger partial charge in [0.1, 0.15) is 5.54 Å². The van der Waals surface area contributed by atoms with E-state index in [-0.39, 0.29) is 23.8 Å². The van der Waals surface area contributed by atoms with Crippen LogP contribution in [0.2, 0.25) is 5.02 Å². The molecular formula is C25H22ClN3O3. The summed E-state index contributed by atoms with van der Waals surface area (Å²) in [5.41, 5.74) is 0.916. The highest BCUT2D eigenvalue weighted by Crippen LogP contribution is 2.61. The predicted molar refractivity (Wildman–Crippen MR) is 121 cm³/mol. The second-order valence-corrected chi connectivity index (χ2v) is 9.32. The van der Waals surface area contributed by atoms with Crippen molar-refractivity contribution in [2.24, 2.45) is 11.8 Å². The van der Waals surface area contributed by atoms with Crippen molar-refractivity contribution in [2.75, 3.05) is 22.9 Å². The normalized spacial score (nSPS) is 30.9. The fraction of sp³-hybridized carbons (Fsp3) is 0.320. The number of carbonyl (C=O) groups excluding carboxylic acids is 3. The molecule has 0 unspecified atom stereocenters. The van der Waals surface area contributed by atoms with E-state index in [2.05, 4.69) is 11.5 Å². The molecule has 3 fully saturated rings. The molecular weight excluding hydrogens is 426 g/mol. The first-order valence-electron chi connectivity index (χ1n) is 10.9. The van der Waals surface area contributed by atoms with E-state index in [9.17, 15) is 14.4 Å². The van der Waals surface area contributed by atoms with Gasteiger partial charge < -0.3 is 4.90 Å². The smallest absolute Gasteiger partial charge is 0.253 e. The molecule has 4 heterocycles. The summed E-state index contributed by atoms with van der Waals surface area (Å²) in [6.07, 6.45) is 3.38. The van der Waals surface area contributed by atoms with Crippen LogP contribution in [0.15, 0.2) is 61.2 Å². The summed E-state index contributed by atoms with van der Waals surface area (Å²) in [5.74, 6) is -2.00. The Labute approximate surface area is 191 Å². The number of halogens is 1. The van der Waals surface area contributed by atoms with Gasteiger partial charge >= 0.3 is 0 Å². The molecule has 1 spiro atoms. The van der Waals surface area contributed by atoms with Gasteiger partial charge in [-0.1, -0.05) is 41.9 Å². The molecule has 0 radical (unpaired) electrons. The van der Waals surface area contributed by atoms with Gasteiger partial charge in [0.15, 0.2) is 0 Å². The standard InChI is InChI=1S/C25H22ClN3O3/c1-2-12-27-18-10-4-3-9-17(18)25(24(27)32)21-20(19-11-6-13-28(19)25)22(30)29(23(21)31)16-8-5-7-15(26)14-16/h2-5,7-10,14,19-21H,1,6,11-13H2/t19-,20-,21-,25-/m0/s1. The number of amides is 3. The van der Waals surface area contributed by atoms with Crippen molar-refractivity contribution >= 4 is 40.7 Å². The van der Waals surface area contributed by atoms with Crippen LogP contribution in [0.25, 0.3) is 0 Å². The van der Waals surface area contributed by atoms with Gasteiger partial charge in [0.2, 0.25) is 11.8 Å². The molecule has 6 nitrogen and oxygen atoms in total. The van der Waals surface area contributed by atoms with E-state index in [1.54, 1.807) is 35.2 Å². The topological polar surface area (TPSA) is 60.9 Å². The molecule has 0 saturated carbocycles. The zero-order chi connectivity index (χ0) is 22.2. The number of rotatable bonds is 3. The van der Waals surface area contributed by atoms with Crippen molar-refractivity contribution in [1.82, 2.24) is 4.90 Å². The Morgan fingerprint density at radius 1 is 1.09 bits per heavy atom. The molecule has 3 saturated heterocycles. The van der Waals surface area contributed by atoms with Gasteiger partial charge in [-0.2, -0.15) is 0 Å². The monoisotopic (exact) mass is 447 g/mol. The van der Waals surface area contributed by atoms with E-state index >= 15 is 0 Å². The first kappa shape index (κ1) is 19.7. The first-order chi connectivity index (χ1) is 15.5. The van der Waals surface area contributed by atoms with Crippen molar-refractivity contribution in [1.29, 1.82) is 0 Å². The zero-order valence-corrected chi connectivity index (χ0v) is 18.2. The Kier molecular flexibility index (Phi) is 4.17. The van der Waals surface area contributed by atoms with E-state index in [1.165, 1.54) is 4.90 Å². The predicted octanol–water partition coefficient (Wildman–Crippen LogP) is 3.35. The van der Waals surface area contributed by atoms with Crippen LogP contribution < -0.4 is 9.80 Å². The maximum Gasteiger partial charge on any atom is 0.253 e. The Morgan fingerprint density at radius 2 is 1.91 bits per heavy atom. The van der Waals surface area contributed by atoms with E-state index in [1.807, 2.05) is 24.3 Å². The van der Waals surface area contributed by atoms with Gasteiger partial charge in [0, 0.05) is 28.9 Å². The van der Waals surface area contributed by atoms with Crippen molar-refractivity contribution in [2.45, 2.75) is 24.4 Å². The third-order valence-electron chi connectivity index (χ3n) is 7.52. The molecule has 0 bridgehead atoms. The number of anilines is 2. The summed E-state index contributed by atoms with van der Waals surface area (Å²) in [7, 11) is 0. The lowest BCUT2D eigenvalue weighted by molar-refractivity contribution is -0.137. The highest BCUT2D eigenvalue weighted by Gasteiger charge is 2.75. The van der Waals surface area contributed by atoms with Gasteiger partial charge in [-0.05, 0) is 43.7 Å². The molecule has 4 aliphatic heterocycles. The molecule has 162 valence electrons. The molecule has 3 amide bonds. The van der Waals surface area contributed by atoms with Crippen LogP contribution in [-0.2, 0) is 19.9 Å². The van der Waals surface area contributed by atoms with Crippen LogP contribution in [0.5, 0.6) is 0 Å². The van der Waals surface area contributed by atoms with E-state index in [0.29, 0.717) is 23.8 Å². The number of benzene rings is 2.